The minimum atomic E-state index is -0.0534. The molecule has 0 N–H and O–H groups in total. The van der Waals surface area contributed by atoms with Gasteiger partial charge < -0.3 is 18.8 Å². The van der Waals surface area contributed by atoms with Gasteiger partial charge in [-0.05, 0) is 12.1 Å². The molecule has 1 aromatic heterocycles. The highest BCUT2D eigenvalue weighted by Crippen LogP contribution is 2.16. The summed E-state index contributed by atoms with van der Waals surface area (Å²) in [6.07, 6.45) is 2.30. The van der Waals surface area contributed by atoms with Gasteiger partial charge in [-0.2, -0.15) is 0 Å². The fourth-order valence-corrected chi connectivity index (χ4v) is 2.51. The third-order valence-electron chi connectivity index (χ3n) is 3.42. The zero-order valence-corrected chi connectivity index (χ0v) is 13.3. The summed E-state index contributed by atoms with van der Waals surface area (Å²) in [6, 6.07) is 3.54. The van der Waals surface area contributed by atoms with Crippen LogP contribution in [0.25, 0.3) is 0 Å². The summed E-state index contributed by atoms with van der Waals surface area (Å²) >= 11 is 0. The molecular weight excluding hydrogens is 290 g/mol. The van der Waals surface area contributed by atoms with Gasteiger partial charge in [-0.15, -0.1) is 0 Å². The Balaban J connectivity index is 2.17. The first-order chi connectivity index (χ1) is 10.3. The number of amides is 1. The summed E-state index contributed by atoms with van der Waals surface area (Å²) in [6.45, 7) is 2.60. The number of carbonyl (C=O) groups is 1. The molecule has 1 amide bonds. The maximum absolute atomic E-state index is 12.8. The van der Waals surface area contributed by atoms with Crippen molar-refractivity contribution < 1.29 is 18.7 Å². The lowest BCUT2D eigenvalue weighted by Gasteiger charge is -2.35. The number of morpholine rings is 1. The van der Waals surface area contributed by atoms with E-state index in [1.807, 2.05) is 11.0 Å². The smallest absolute Gasteiger partial charge is 0.257 e. The molecule has 1 aliphatic rings. The van der Waals surface area contributed by atoms with Gasteiger partial charge in [-0.3, -0.25) is 9.78 Å². The number of hydrogen-bond acceptors (Lipinski definition) is 5. The first-order valence-corrected chi connectivity index (χ1v) is 7.38. The Morgan fingerprint density at radius 1 is 1.62 bits per heavy atom. The molecule has 8 heteroatoms. The number of pyridine rings is 1. The molecule has 2 heterocycles. The average molecular weight is 310 g/mol. The van der Waals surface area contributed by atoms with Crippen LogP contribution in [-0.2, 0) is 20.3 Å². The summed E-state index contributed by atoms with van der Waals surface area (Å²) in [5.41, 5.74) is 1.38. The van der Waals surface area contributed by atoms with Gasteiger partial charge in [0.05, 0.1) is 43.7 Å². The molecule has 2 atom stereocenters. The van der Waals surface area contributed by atoms with Crippen molar-refractivity contribution in [2.75, 3.05) is 33.0 Å². The molecule has 2 rings (SSSR count). The van der Waals surface area contributed by atoms with Gasteiger partial charge in [0.1, 0.15) is 0 Å². The fourth-order valence-electron chi connectivity index (χ4n) is 2.39. The second-order valence-electron chi connectivity index (χ2n) is 4.80. The predicted octanol–water partition coefficient (Wildman–Crippen LogP) is -0.164. The first kappa shape index (κ1) is 16.4. The van der Waals surface area contributed by atoms with Crippen molar-refractivity contribution >= 4 is 23.4 Å². The lowest BCUT2D eigenvalue weighted by atomic mass is 10.1. The van der Waals surface area contributed by atoms with Crippen molar-refractivity contribution in [1.29, 1.82) is 0 Å². The monoisotopic (exact) mass is 310 g/mol. The van der Waals surface area contributed by atoms with E-state index < -0.39 is 0 Å². The van der Waals surface area contributed by atoms with Gasteiger partial charge in [-0.25, -0.2) is 0 Å². The molecule has 1 aromatic rings. The topological polar surface area (TPSA) is 60.9 Å². The molecule has 1 unspecified atom stereocenters. The molecule has 0 bridgehead atoms. The van der Waals surface area contributed by atoms with Crippen molar-refractivity contribution in [1.82, 2.24) is 9.88 Å². The van der Waals surface area contributed by atoms with Gasteiger partial charge >= 0.3 is 0 Å². The van der Waals surface area contributed by atoms with Crippen LogP contribution >= 0.6 is 9.47 Å². The molecule has 0 aromatic carbocycles. The molecule has 1 saturated heterocycles. The maximum Gasteiger partial charge on any atom is 0.257 e. The standard InChI is InChI=1S/C13H20BN2O4P/c14-19-9-10-8-18-7-5-16(10)13(17)11-2-1-4-15-12(11)3-6-20-21/h1-2,4,10H,3,5-9,14,21H2/t10-/m0/s1. The van der Waals surface area contributed by atoms with Gasteiger partial charge in [-0.1, -0.05) is 0 Å². The van der Waals surface area contributed by atoms with Crippen LogP contribution in [0, 0.1) is 0 Å². The number of carbonyl (C=O) groups excluding carboxylic acids is 1. The molecule has 21 heavy (non-hydrogen) atoms. The van der Waals surface area contributed by atoms with Crippen molar-refractivity contribution in [2.45, 2.75) is 12.5 Å². The van der Waals surface area contributed by atoms with E-state index in [2.05, 4.69) is 14.5 Å². The number of hydrogen-bond donors (Lipinski definition) is 0. The first-order valence-electron chi connectivity index (χ1n) is 6.91. The summed E-state index contributed by atoms with van der Waals surface area (Å²) in [7, 11) is 3.84. The van der Waals surface area contributed by atoms with E-state index in [4.69, 9.17) is 13.9 Å². The Bertz CT molecular complexity index is 475. The van der Waals surface area contributed by atoms with Crippen LogP contribution in [0.4, 0.5) is 0 Å². The molecule has 0 aliphatic carbocycles. The van der Waals surface area contributed by atoms with E-state index >= 15 is 0 Å². The van der Waals surface area contributed by atoms with E-state index in [0.717, 1.165) is 5.69 Å². The van der Waals surface area contributed by atoms with E-state index in [-0.39, 0.29) is 11.9 Å². The maximum atomic E-state index is 12.8. The van der Waals surface area contributed by atoms with Crippen LogP contribution in [0.5, 0.6) is 0 Å². The zero-order valence-electron chi connectivity index (χ0n) is 12.2. The van der Waals surface area contributed by atoms with Crippen LogP contribution < -0.4 is 0 Å². The third-order valence-corrected chi connectivity index (χ3v) is 3.66. The van der Waals surface area contributed by atoms with Crippen LogP contribution in [0.3, 0.4) is 0 Å². The molecule has 114 valence electrons. The molecular formula is C13H20BN2O4P. The number of nitrogens with zero attached hydrogens (tertiary/aromatic N) is 2. The Hall–Kier alpha value is -1.01. The number of ether oxygens (including phenoxy) is 1. The van der Waals surface area contributed by atoms with Crippen molar-refractivity contribution in [3.8, 4) is 0 Å². The highest BCUT2D eigenvalue weighted by molar-refractivity contribution is 7.09. The lowest BCUT2D eigenvalue weighted by Crippen LogP contribution is -2.51. The molecule has 0 spiro atoms. The molecule has 6 nitrogen and oxygen atoms in total. The van der Waals surface area contributed by atoms with Crippen LogP contribution in [0.2, 0.25) is 0 Å². The summed E-state index contributed by atoms with van der Waals surface area (Å²) in [5.74, 6) is -0.0211. The molecule has 0 saturated carbocycles. The number of aromatic nitrogens is 1. The second-order valence-corrected chi connectivity index (χ2v) is 5.13. The van der Waals surface area contributed by atoms with Gasteiger partial charge in [0.2, 0.25) is 0 Å². The summed E-state index contributed by atoms with van der Waals surface area (Å²) in [5, 5.41) is 0. The molecule has 1 aliphatic heterocycles. The third kappa shape index (κ3) is 4.23. The second kappa shape index (κ2) is 8.44. The average Bonchev–Trinajstić information content (AvgIpc) is 2.53. The fraction of sp³-hybridized carbons (Fsp3) is 0.538. The van der Waals surface area contributed by atoms with Gasteiger partial charge in [0.15, 0.2) is 0 Å². The Morgan fingerprint density at radius 2 is 2.48 bits per heavy atom. The molecule has 1 fully saturated rings. The number of rotatable bonds is 6. The minimum Gasteiger partial charge on any atom is -0.442 e. The van der Waals surface area contributed by atoms with Crippen molar-refractivity contribution in [2.24, 2.45) is 0 Å². The van der Waals surface area contributed by atoms with E-state index in [9.17, 15) is 4.79 Å². The highest BCUT2D eigenvalue weighted by Gasteiger charge is 2.29. The SMILES string of the molecule is BOC[C@@H]1COCCN1C(=O)c1cccnc1CCOP. The minimum absolute atomic E-state index is 0.0211. The summed E-state index contributed by atoms with van der Waals surface area (Å²) in [4.78, 5) is 18.9. The quantitative estimate of drug-likeness (QED) is 0.540. The van der Waals surface area contributed by atoms with Gasteiger partial charge in [0.25, 0.3) is 14.0 Å². The Labute approximate surface area is 127 Å². The predicted molar refractivity (Wildman–Crippen MR) is 83.7 cm³/mol. The van der Waals surface area contributed by atoms with Crippen molar-refractivity contribution in [3.63, 3.8) is 0 Å². The molecule has 0 radical (unpaired) electrons. The van der Waals surface area contributed by atoms with E-state index in [0.29, 0.717) is 45.0 Å². The van der Waals surface area contributed by atoms with Crippen LogP contribution in [-0.4, -0.2) is 62.9 Å². The summed E-state index contributed by atoms with van der Waals surface area (Å²) < 4.78 is 15.6. The largest absolute Gasteiger partial charge is 0.442 e. The van der Waals surface area contributed by atoms with Gasteiger partial charge in [0, 0.05) is 28.6 Å². The normalized spacial score (nSPS) is 18.7. The Morgan fingerprint density at radius 3 is 3.24 bits per heavy atom. The lowest BCUT2D eigenvalue weighted by molar-refractivity contribution is -0.0143. The highest BCUT2D eigenvalue weighted by atomic mass is 31.0. The van der Waals surface area contributed by atoms with E-state index in [1.165, 1.54) is 0 Å². The van der Waals surface area contributed by atoms with E-state index in [1.54, 1.807) is 20.3 Å². The zero-order chi connectivity index (χ0) is 15.1. The van der Waals surface area contributed by atoms with Crippen LogP contribution in [0.1, 0.15) is 16.1 Å². The van der Waals surface area contributed by atoms with Crippen molar-refractivity contribution in [3.05, 3.63) is 29.6 Å². The van der Waals surface area contributed by atoms with Crippen LogP contribution in [0.15, 0.2) is 18.3 Å². The Kier molecular flexibility index (Phi) is 6.58.